The lowest BCUT2D eigenvalue weighted by Crippen LogP contribution is -2.10. The number of aliphatic imine (C=N–C) groups is 1. The zero-order chi connectivity index (χ0) is 13.2. The summed E-state index contributed by atoms with van der Waals surface area (Å²) in [6.07, 6.45) is 0. The Morgan fingerprint density at radius 3 is 2.68 bits per heavy atom. The molecule has 19 heavy (non-hydrogen) atoms. The van der Waals surface area contributed by atoms with E-state index in [4.69, 9.17) is 12.2 Å². The molecule has 0 saturated carbocycles. The third-order valence-corrected chi connectivity index (χ3v) is 3.66. The van der Waals surface area contributed by atoms with Gasteiger partial charge >= 0.3 is 0 Å². The van der Waals surface area contributed by atoms with E-state index in [1.807, 2.05) is 30.3 Å². The van der Waals surface area contributed by atoms with Crippen LogP contribution in [0.5, 0.6) is 0 Å². The van der Waals surface area contributed by atoms with Gasteiger partial charge in [-0.1, -0.05) is 58.5 Å². The molecular formula is C15H11BrN2S. The van der Waals surface area contributed by atoms with E-state index in [9.17, 15) is 0 Å². The Morgan fingerprint density at radius 2 is 1.89 bits per heavy atom. The number of anilines is 1. The molecule has 1 heterocycles. The van der Waals surface area contributed by atoms with E-state index in [-0.39, 0.29) is 0 Å². The van der Waals surface area contributed by atoms with Gasteiger partial charge in [-0.15, -0.1) is 0 Å². The van der Waals surface area contributed by atoms with Crippen molar-refractivity contribution in [3.63, 3.8) is 0 Å². The first-order valence-electron chi connectivity index (χ1n) is 5.94. The van der Waals surface area contributed by atoms with Gasteiger partial charge < -0.3 is 5.32 Å². The van der Waals surface area contributed by atoms with Gasteiger partial charge in [-0.2, -0.15) is 0 Å². The maximum atomic E-state index is 5.27. The van der Waals surface area contributed by atoms with Crippen molar-refractivity contribution in [2.75, 3.05) is 11.9 Å². The van der Waals surface area contributed by atoms with Crippen LogP contribution in [0.3, 0.4) is 0 Å². The molecule has 0 aromatic heterocycles. The summed E-state index contributed by atoms with van der Waals surface area (Å²) in [5.74, 6) is 0. The molecule has 2 aromatic carbocycles. The zero-order valence-corrected chi connectivity index (χ0v) is 12.5. The van der Waals surface area contributed by atoms with Crippen LogP contribution >= 0.6 is 28.1 Å². The van der Waals surface area contributed by atoms with Crippen LogP contribution in [-0.4, -0.2) is 17.2 Å². The van der Waals surface area contributed by atoms with Gasteiger partial charge in [0.05, 0.1) is 12.3 Å². The quantitative estimate of drug-likeness (QED) is 0.798. The van der Waals surface area contributed by atoms with Crippen LogP contribution in [0.25, 0.3) is 0 Å². The predicted octanol–water partition coefficient (Wildman–Crippen LogP) is 4.04. The third-order valence-electron chi connectivity index (χ3n) is 2.94. The Balaban J connectivity index is 2.20. The van der Waals surface area contributed by atoms with Crippen LogP contribution in [0.1, 0.15) is 11.1 Å². The Kier molecular flexibility index (Phi) is 3.44. The molecule has 0 atom stereocenters. The van der Waals surface area contributed by atoms with Crippen molar-refractivity contribution in [3.05, 3.63) is 64.1 Å². The number of benzene rings is 2. The number of benzodiazepines with no additional fused rings is 1. The number of hydrogen-bond acceptors (Lipinski definition) is 2. The summed E-state index contributed by atoms with van der Waals surface area (Å²) in [6, 6.07) is 16.3. The van der Waals surface area contributed by atoms with Crippen molar-refractivity contribution in [2.24, 2.45) is 4.99 Å². The van der Waals surface area contributed by atoms with Gasteiger partial charge in [0.25, 0.3) is 0 Å². The summed E-state index contributed by atoms with van der Waals surface area (Å²) in [6.45, 7) is 0.520. The molecule has 1 aliphatic rings. The van der Waals surface area contributed by atoms with E-state index in [0.717, 1.165) is 32.0 Å². The lowest BCUT2D eigenvalue weighted by Gasteiger charge is -2.10. The number of nitrogens with zero attached hydrogens (tertiary/aromatic N) is 1. The second-order valence-corrected chi connectivity index (χ2v) is 5.68. The van der Waals surface area contributed by atoms with Crippen molar-refractivity contribution in [3.8, 4) is 0 Å². The highest BCUT2D eigenvalue weighted by Crippen LogP contribution is 2.26. The van der Waals surface area contributed by atoms with E-state index >= 15 is 0 Å². The third kappa shape index (κ3) is 2.60. The molecule has 0 saturated heterocycles. The summed E-state index contributed by atoms with van der Waals surface area (Å²) >= 11 is 8.79. The Hall–Kier alpha value is -1.52. The van der Waals surface area contributed by atoms with Crippen LogP contribution in [0.2, 0.25) is 0 Å². The highest BCUT2D eigenvalue weighted by atomic mass is 79.9. The zero-order valence-electron chi connectivity index (χ0n) is 10.1. The second-order valence-electron chi connectivity index (χ2n) is 4.27. The topological polar surface area (TPSA) is 24.4 Å². The normalized spacial score (nSPS) is 14.2. The molecule has 0 spiro atoms. The molecule has 0 fully saturated rings. The van der Waals surface area contributed by atoms with Crippen molar-refractivity contribution in [1.82, 2.24) is 0 Å². The molecule has 0 radical (unpaired) electrons. The van der Waals surface area contributed by atoms with E-state index in [2.05, 4.69) is 44.4 Å². The monoisotopic (exact) mass is 330 g/mol. The summed E-state index contributed by atoms with van der Waals surface area (Å²) < 4.78 is 1.03. The second kappa shape index (κ2) is 5.23. The minimum Gasteiger partial charge on any atom is -0.348 e. The molecule has 2 nitrogen and oxygen atoms in total. The van der Waals surface area contributed by atoms with Crippen LogP contribution < -0.4 is 5.32 Å². The van der Waals surface area contributed by atoms with Gasteiger partial charge in [-0.25, -0.2) is 0 Å². The number of nitrogens with one attached hydrogen (secondary N) is 1. The summed E-state index contributed by atoms with van der Waals surface area (Å²) in [7, 11) is 0. The van der Waals surface area contributed by atoms with Crippen LogP contribution in [0.4, 0.5) is 5.69 Å². The maximum absolute atomic E-state index is 5.27. The average Bonchev–Trinajstić information content (AvgIpc) is 2.58. The van der Waals surface area contributed by atoms with Crippen molar-refractivity contribution < 1.29 is 0 Å². The molecule has 1 N–H and O–H groups in total. The van der Waals surface area contributed by atoms with E-state index in [1.54, 1.807) is 0 Å². The number of rotatable bonds is 1. The number of halogens is 1. The smallest absolute Gasteiger partial charge is 0.102 e. The first kappa shape index (κ1) is 12.5. The lowest BCUT2D eigenvalue weighted by atomic mass is 10.0. The fourth-order valence-electron chi connectivity index (χ4n) is 2.09. The average molecular weight is 331 g/mol. The predicted molar refractivity (Wildman–Crippen MR) is 87.3 cm³/mol. The van der Waals surface area contributed by atoms with E-state index in [0.29, 0.717) is 6.54 Å². The molecule has 4 heteroatoms. The van der Waals surface area contributed by atoms with E-state index in [1.165, 1.54) is 0 Å². The van der Waals surface area contributed by atoms with Gasteiger partial charge in [-0.05, 0) is 18.2 Å². The molecule has 0 amide bonds. The molecule has 0 unspecified atom stereocenters. The SMILES string of the molecule is S=C1CN=C(c2ccccc2)c2cc(Br)ccc2N1. The van der Waals surface area contributed by atoms with Crippen molar-refractivity contribution in [1.29, 1.82) is 0 Å². The standard InChI is InChI=1S/C15H11BrN2S/c16-11-6-7-13-12(8-11)15(17-9-14(19)18-13)10-4-2-1-3-5-10/h1-8H,9H2,(H,18,19). The highest BCUT2D eigenvalue weighted by Gasteiger charge is 2.16. The van der Waals surface area contributed by atoms with Crippen LogP contribution in [-0.2, 0) is 0 Å². The fourth-order valence-corrected chi connectivity index (χ4v) is 2.63. The molecule has 94 valence electrons. The van der Waals surface area contributed by atoms with Gasteiger partial charge in [0.2, 0.25) is 0 Å². The van der Waals surface area contributed by atoms with Gasteiger partial charge in [0, 0.05) is 21.3 Å². The highest BCUT2D eigenvalue weighted by molar-refractivity contribution is 9.10. The Bertz CT molecular complexity index is 665. The van der Waals surface area contributed by atoms with Crippen molar-refractivity contribution >= 4 is 44.5 Å². The first-order valence-corrected chi connectivity index (χ1v) is 7.14. The fraction of sp³-hybridized carbons (Fsp3) is 0.0667. The first-order chi connectivity index (χ1) is 9.24. The Labute approximate surface area is 125 Å². The lowest BCUT2D eigenvalue weighted by molar-refractivity contribution is 1.31. The molecule has 3 rings (SSSR count). The van der Waals surface area contributed by atoms with Gasteiger partial charge in [0.15, 0.2) is 0 Å². The summed E-state index contributed by atoms with van der Waals surface area (Å²) in [5.41, 5.74) is 4.16. The van der Waals surface area contributed by atoms with E-state index < -0.39 is 0 Å². The molecule has 0 bridgehead atoms. The maximum Gasteiger partial charge on any atom is 0.102 e. The summed E-state index contributed by atoms with van der Waals surface area (Å²) in [5, 5.41) is 3.25. The molecule has 1 aliphatic heterocycles. The van der Waals surface area contributed by atoms with Gasteiger partial charge in [-0.3, -0.25) is 4.99 Å². The molecule has 2 aromatic rings. The Morgan fingerprint density at radius 1 is 1.11 bits per heavy atom. The minimum atomic E-state index is 0.520. The van der Waals surface area contributed by atoms with Gasteiger partial charge in [0.1, 0.15) is 4.99 Å². The van der Waals surface area contributed by atoms with Crippen molar-refractivity contribution in [2.45, 2.75) is 0 Å². The minimum absolute atomic E-state index is 0.520. The number of thiocarbonyl (C=S) groups is 1. The molecule has 0 aliphatic carbocycles. The van der Waals surface area contributed by atoms with Crippen LogP contribution in [0.15, 0.2) is 58.0 Å². The summed E-state index contributed by atoms with van der Waals surface area (Å²) in [4.78, 5) is 5.39. The number of fused-ring (bicyclic) bond motifs is 1. The molecular weight excluding hydrogens is 320 g/mol. The number of hydrogen-bond donors (Lipinski definition) is 1. The largest absolute Gasteiger partial charge is 0.348 e. The van der Waals surface area contributed by atoms with Crippen LogP contribution in [0, 0.1) is 0 Å².